The van der Waals surface area contributed by atoms with Crippen LogP contribution < -0.4 is 5.73 Å². The number of imidazole rings is 1. The van der Waals surface area contributed by atoms with E-state index in [1.807, 2.05) is 0 Å². The zero-order chi connectivity index (χ0) is 14.8. The van der Waals surface area contributed by atoms with Crippen LogP contribution in [-0.2, 0) is 4.74 Å². The lowest BCUT2D eigenvalue weighted by Gasteiger charge is -2.44. The van der Waals surface area contributed by atoms with Crippen LogP contribution in [0.2, 0.25) is 0 Å². The van der Waals surface area contributed by atoms with E-state index in [9.17, 15) is 15.3 Å². The summed E-state index contributed by atoms with van der Waals surface area (Å²) < 4.78 is 7.29. The summed E-state index contributed by atoms with van der Waals surface area (Å²) >= 11 is 0. The molecule has 0 amide bonds. The van der Waals surface area contributed by atoms with Crippen molar-refractivity contribution < 1.29 is 20.1 Å². The summed E-state index contributed by atoms with van der Waals surface area (Å²) in [5.74, 6) is 0.227. The van der Waals surface area contributed by atoms with E-state index >= 15 is 0 Å². The zero-order valence-corrected chi connectivity index (χ0v) is 11.0. The molecular formula is C12H15N5O4. The van der Waals surface area contributed by atoms with Crippen LogP contribution in [0.5, 0.6) is 0 Å². The first-order valence-electron chi connectivity index (χ1n) is 6.69. The van der Waals surface area contributed by atoms with Crippen LogP contribution in [-0.4, -0.2) is 58.8 Å². The highest BCUT2D eigenvalue weighted by Gasteiger charge is 2.63. The fourth-order valence-electron chi connectivity index (χ4n) is 3.13. The van der Waals surface area contributed by atoms with Gasteiger partial charge in [0, 0.05) is 0 Å². The van der Waals surface area contributed by atoms with Crippen molar-refractivity contribution in [2.45, 2.75) is 43.0 Å². The van der Waals surface area contributed by atoms with Crippen molar-refractivity contribution in [3.05, 3.63) is 12.7 Å². The molecule has 0 aromatic carbocycles. The predicted octanol–water partition coefficient (Wildman–Crippen LogP) is -1.45. The average molecular weight is 293 g/mol. The zero-order valence-electron chi connectivity index (χ0n) is 11.0. The van der Waals surface area contributed by atoms with Gasteiger partial charge in [0.15, 0.2) is 17.7 Å². The normalized spacial score (nSPS) is 39.0. The molecule has 2 fully saturated rings. The minimum atomic E-state index is -1.19. The highest BCUT2D eigenvalue weighted by Crippen LogP contribution is 2.49. The first kappa shape index (κ1) is 12.9. The Hall–Kier alpha value is -1.81. The number of nitrogens with zero attached hydrogens (tertiary/aromatic N) is 4. The summed E-state index contributed by atoms with van der Waals surface area (Å²) in [6.45, 7) is 0. The standard InChI is InChI=1S/C12H15N5O4/c13-9-6-10(15-3-14-9)17(4-16-6)11-7(19)8(20)12(21-11)2-1-5(12)18/h3-5,7-8,11,18-20H,1-2H2,(H2,13,14,15)/t5-,7?,8?,11?,12+/m1/s1. The number of aromatic nitrogens is 4. The van der Waals surface area contributed by atoms with Crippen LogP contribution in [0.15, 0.2) is 12.7 Å². The molecule has 5 N–H and O–H groups in total. The van der Waals surface area contributed by atoms with Crippen molar-refractivity contribution in [1.82, 2.24) is 19.5 Å². The van der Waals surface area contributed by atoms with Gasteiger partial charge in [-0.1, -0.05) is 0 Å². The Bertz CT molecular complexity index is 706. The molecule has 1 spiro atoms. The van der Waals surface area contributed by atoms with Crippen molar-refractivity contribution in [3.63, 3.8) is 0 Å². The summed E-state index contributed by atoms with van der Waals surface area (Å²) in [5.41, 5.74) is 5.42. The van der Waals surface area contributed by atoms with Crippen LogP contribution >= 0.6 is 0 Å². The van der Waals surface area contributed by atoms with Gasteiger partial charge in [0.2, 0.25) is 0 Å². The Kier molecular flexibility index (Phi) is 2.52. The van der Waals surface area contributed by atoms with Crippen molar-refractivity contribution in [1.29, 1.82) is 0 Å². The molecule has 0 radical (unpaired) electrons. The van der Waals surface area contributed by atoms with E-state index in [0.29, 0.717) is 24.0 Å². The molecule has 2 aromatic rings. The second-order valence-corrected chi connectivity index (χ2v) is 5.54. The molecule has 3 unspecified atom stereocenters. The van der Waals surface area contributed by atoms with Gasteiger partial charge < -0.3 is 25.8 Å². The number of fused-ring (bicyclic) bond motifs is 1. The number of aliphatic hydroxyl groups excluding tert-OH is 3. The van der Waals surface area contributed by atoms with Gasteiger partial charge in [0.25, 0.3) is 0 Å². The maximum atomic E-state index is 10.3. The Morgan fingerprint density at radius 2 is 2.10 bits per heavy atom. The van der Waals surface area contributed by atoms with Gasteiger partial charge in [-0.3, -0.25) is 4.57 Å². The fraction of sp³-hybridized carbons (Fsp3) is 0.583. The first-order valence-corrected chi connectivity index (χ1v) is 6.69. The topological polar surface area (TPSA) is 140 Å². The molecule has 1 aliphatic carbocycles. The molecule has 21 heavy (non-hydrogen) atoms. The van der Waals surface area contributed by atoms with Crippen molar-refractivity contribution in [2.24, 2.45) is 0 Å². The molecule has 9 heteroatoms. The predicted molar refractivity (Wildman–Crippen MR) is 69.8 cm³/mol. The van der Waals surface area contributed by atoms with Gasteiger partial charge in [-0.25, -0.2) is 15.0 Å². The van der Waals surface area contributed by atoms with E-state index in [1.54, 1.807) is 0 Å². The van der Waals surface area contributed by atoms with Gasteiger partial charge in [0.1, 0.15) is 29.7 Å². The van der Waals surface area contributed by atoms with E-state index in [2.05, 4.69) is 15.0 Å². The van der Waals surface area contributed by atoms with Crippen molar-refractivity contribution in [3.8, 4) is 0 Å². The quantitative estimate of drug-likeness (QED) is 0.501. The molecule has 9 nitrogen and oxygen atoms in total. The van der Waals surface area contributed by atoms with Crippen LogP contribution in [0.4, 0.5) is 5.82 Å². The Balaban J connectivity index is 1.78. The van der Waals surface area contributed by atoms with Gasteiger partial charge in [0.05, 0.1) is 12.4 Å². The maximum Gasteiger partial charge on any atom is 0.167 e. The highest BCUT2D eigenvalue weighted by molar-refractivity contribution is 5.81. The van der Waals surface area contributed by atoms with E-state index in [4.69, 9.17) is 10.5 Å². The van der Waals surface area contributed by atoms with Crippen molar-refractivity contribution in [2.75, 3.05) is 5.73 Å². The molecule has 1 saturated carbocycles. The van der Waals surface area contributed by atoms with E-state index in [0.717, 1.165) is 0 Å². The molecule has 1 aliphatic heterocycles. The Morgan fingerprint density at radius 1 is 1.29 bits per heavy atom. The molecule has 112 valence electrons. The van der Waals surface area contributed by atoms with Gasteiger partial charge in [-0.05, 0) is 12.8 Å². The number of hydrogen-bond acceptors (Lipinski definition) is 8. The molecule has 2 aliphatic rings. The summed E-state index contributed by atoms with van der Waals surface area (Å²) in [6, 6.07) is 0. The third-order valence-corrected chi connectivity index (χ3v) is 4.49. The number of hydrogen-bond donors (Lipinski definition) is 4. The lowest BCUT2D eigenvalue weighted by Crippen LogP contribution is -2.59. The van der Waals surface area contributed by atoms with Crippen molar-refractivity contribution >= 4 is 17.0 Å². The fourth-order valence-corrected chi connectivity index (χ4v) is 3.13. The molecule has 1 saturated heterocycles. The third kappa shape index (κ3) is 1.51. The Morgan fingerprint density at radius 3 is 2.71 bits per heavy atom. The minimum Gasteiger partial charge on any atom is -0.390 e. The van der Waals surface area contributed by atoms with Crippen LogP contribution in [0.25, 0.3) is 11.2 Å². The van der Waals surface area contributed by atoms with Gasteiger partial charge in [-0.15, -0.1) is 0 Å². The Labute approximate surface area is 119 Å². The lowest BCUT2D eigenvalue weighted by atomic mass is 9.73. The SMILES string of the molecule is Nc1ncnc2c1ncn2C1O[C@]2(CC[C@H]2O)C(O)C1O. The molecule has 4 rings (SSSR count). The number of nitrogens with two attached hydrogens (primary N) is 1. The van der Waals surface area contributed by atoms with Crippen LogP contribution in [0, 0.1) is 0 Å². The summed E-state index contributed by atoms with van der Waals surface area (Å²) in [6.07, 6.45) is -0.266. The van der Waals surface area contributed by atoms with E-state index < -0.39 is 30.1 Å². The van der Waals surface area contributed by atoms with Crippen LogP contribution in [0.1, 0.15) is 19.1 Å². The van der Waals surface area contributed by atoms with E-state index in [-0.39, 0.29) is 5.82 Å². The molecule has 0 bridgehead atoms. The monoisotopic (exact) mass is 293 g/mol. The smallest absolute Gasteiger partial charge is 0.167 e. The highest BCUT2D eigenvalue weighted by atomic mass is 16.6. The second kappa shape index (κ2) is 4.10. The largest absolute Gasteiger partial charge is 0.390 e. The second-order valence-electron chi connectivity index (χ2n) is 5.54. The summed E-state index contributed by atoms with van der Waals surface area (Å²) in [5, 5.41) is 30.4. The third-order valence-electron chi connectivity index (χ3n) is 4.49. The molecule has 2 aromatic heterocycles. The number of rotatable bonds is 1. The number of aliphatic hydroxyl groups is 3. The number of nitrogen functional groups attached to an aromatic ring is 1. The molecule has 3 heterocycles. The first-order chi connectivity index (χ1) is 10.0. The minimum absolute atomic E-state index is 0.227. The number of anilines is 1. The molecular weight excluding hydrogens is 278 g/mol. The summed E-state index contributed by atoms with van der Waals surface area (Å²) in [4.78, 5) is 12.0. The number of ether oxygens (including phenoxy) is 1. The average Bonchev–Trinajstić information content (AvgIpc) is 3.01. The lowest BCUT2D eigenvalue weighted by molar-refractivity contribution is -0.213. The maximum absolute atomic E-state index is 10.3. The van der Waals surface area contributed by atoms with Gasteiger partial charge >= 0.3 is 0 Å². The van der Waals surface area contributed by atoms with Gasteiger partial charge in [-0.2, -0.15) is 0 Å². The van der Waals surface area contributed by atoms with Crippen LogP contribution in [0.3, 0.4) is 0 Å². The summed E-state index contributed by atoms with van der Waals surface area (Å²) in [7, 11) is 0. The molecule has 5 atom stereocenters. The van der Waals surface area contributed by atoms with E-state index in [1.165, 1.54) is 17.2 Å².